The maximum Gasteiger partial charge on any atom is 0.0781 e. The topological polar surface area (TPSA) is 23.1 Å². The Labute approximate surface area is 121 Å². The summed E-state index contributed by atoms with van der Waals surface area (Å²) < 4.78 is -0.0578. The van der Waals surface area contributed by atoms with Crippen LogP contribution in [-0.4, -0.2) is 24.8 Å². The number of quaternary nitrogens is 1. The predicted octanol–water partition coefficient (Wildman–Crippen LogP) is 5.65. The molecule has 116 valence electrons. The summed E-state index contributed by atoms with van der Waals surface area (Å²) in [6, 6.07) is 0. The first kappa shape index (κ1) is 18.9. The van der Waals surface area contributed by atoms with E-state index in [0.29, 0.717) is 6.54 Å². The van der Waals surface area contributed by atoms with Crippen LogP contribution in [0.15, 0.2) is 0 Å². The summed E-state index contributed by atoms with van der Waals surface area (Å²) in [4.78, 5) is 0. The summed E-state index contributed by atoms with van der Waals surface area (Å²) in [7, 11) is 1.79. The summed E-state index contributed by atoms with van der Waals surface area (Å²) >= 11 is 0. The van der Waals surface area contributed by atoms with Gasteiger partial charge >= 0.3 is 0 Å². The molecule has 0 rings (SSSR count). The Morgan fingerprint density at radius 1 is 0.632 bits per heavy atom. The molecule has 0 fully saturated rings. The van der Waals surface area contributed by atoms with E-state index in [4.69, 9.17) is 0 Å². The Bertz CT molecular complexity index is 180. The predicted molar refractivity (Wildman–Crippen MR) is 86.0 cm³/mol. The van der Waals surface area contributed by atoms with Gasteiger partial charge in [-0.15, -0.1) is 0 Å². The minimum Gasteiger partial charge on any atom is -0.633 e. The fraction of sp³-hybridized carbons (Fsp3) is 1.00. The normalized spacial score (nSPS) is 14.5. The van der Waals surface area contributed by atoms with Crippen molar-refractivity contribution in [1.82, 2.24) is 0 Å². The first-order valence-electron chi connectivity index (χ1n) is 8.68. The molecule has 2 heteroatoms. The van der Waals surface area contributed by atoms with E-state index in [0.717, 1.165) is 13.0 Å². The van der Waals surface area contributed by atoms with Gasteiger partial charge in [0, 0.05) is 0 Å². The lowest BCUT2D eigenvalue weighted by Crippen LogP contribution is -2.37. The van der Waals surface area contributed by atoms with Crippen LogP contribution in [0.25, 0.3) is 0 Å². The molecule has 19 heavy (non-hydrogen) atoms. The quantitative estimate of drug-likeness (QED) is 0.227. The maximum absolute atomic E-state index is 11.7. The maximum atomic E-state index is 11.7. The van der Waals surface area contributed by atoms with E-state index in [-0.39, 0.29) is 4.65 Å². The van der Waals surface area contributed by atoms with Crippen LogP contribution in [0.3, 0.4) is 0 Å². The second-order valence-corrected chi connectivity index (χ2v) is 6.23. The minimum atomic E-state index is -0.0578. The zero-order valence-electron chi connectivity index (χ0n) is 13.8. The van der Waals surface area contributed by atoms with E-state index >= 15 is 0 Å². The van der Waals surface area contributed by atoms with Crippen molar-refractivity contribution in [2.45, 2.75) is 90.9 Å². The van der Waals surface area contributed by atoms with Crippen LogP contribution in [0.5, 0.6) is 0 Å². The largest absolute Gasteiger partial charge is 0.633 e. The molecule has 0 spiro atoms. The van der Waals surface area contributed by atoms with Gasteiger partial charge in [0.15, 0.2) is 0 Å². The molecule has 0 saturated carbocycles. The molecule has 1 atom stereocenters. The summed E-state index contributed by atoms with van der Waals surface area (Å²) in [5, 5.41) is 11.7. The van der Waals surface area contributed by atoms with E-state index in [1.165, 1.54) is 70.6 Å². The third-order valence-corrected chi connectivity index (χ3v) is 4.15. The highest BCUT2D eigenvalue weighted by molar-refractivity contribution is 4.48. The molecule has 0 radical (unpaired) electrons. The van der Waals surface area contributed by atoms with Gasteiger partial charge in [-0.25, -0.2) is 0 Å². The molecule has 0 aliphatic carbocycles. The third-order valence-electron chi connectivity index (χ3n) is 4.15. The van der Waals surface area contributed by atoms with Gasteiger partial charge in [0.2, 0.25) is 0 Å². The van der Waals surface area contributed by atoms with Crippen molar-refractivity contribution < 1.29 is 4.65 Å². The summed E-state index contributed by atoms with van der Waals surface area (Å²) in [5.41, 5.74) is 0. The monoisotopic (exact) mass is 271 g/mol. The van der Waals surface area contributed by atoms with E-state index in [9.17, 15) is 5.21 Å². The number of hydroxylamine groups is 3. The van der Waals surface area contributed by atoms with Crippen molar-refractivity contribution >= 4 is 0 Å². The zero-order chi connectivity index (χ0) is 14.4. The lowest BCUT2D eigenvalue weighted by molar-refractivity contribution is -0.859. The summed E-state index contributed by atoms with van der Waals surface area (Å²) in [5.74, 6) is 0. The molecule has 0 amide bonds. The van der Waals surface area contributed by atoms with Gasteiger partial charge in [-0.05, 0) is 19.8 Å². The second kappa shape index (κ2) is 12.9. The van der Waals surface area contributed by atoms with Crippen molar-refractivity contribution in [3.63, 3.8) is 0 Å². The molecule has 1 unspecified atom stereocenters. The van der Waals surface area contributed by atoms with Crippen molar-refractivity contribution in [2.24, 2.45) is 0 Å². The zero-order valence-corrected chi connectivity index (χ0v) is 13.8. The van der Waals surface area contributed by atoms with Crippen molar-refractivity contribution in [3.05, 3.63) is 5.21 Å². The fourth-order valence-electron chi connectivity index (χ4n) is 2.45. The smallest absolute Gasteiger partial charge is 0.0781 e. The van der Waals surface area contributed by atoms with Gasteiger partial charge < -0.3 is 9.85 Å². The Kier molecular flexibility index (Phi) is 12.9. The second-order valence-electron chi connectivity index (χ2n) is 6.23. The van der Waals surface area contributed by atoms with Crippen LogP contribution >= 0.6 is 0 Å². The molecule has 0 heterocycles. The van der Waals surface area contributed by atoms with Crippen LogP contribution in [0.4, 0.5) is 0 Å². The van der Waals surface area contributed by atoms with Crippen LogP contribution in [0.1, 0.15) is 90.9 Å². The van der Waals surface area contributed by atoms with Crippen molar-refractivity contribution in [2.75, 3.05) is 20.1 Å². The molecule has 2 nitrogen and oxygen atoms in total. The standard InChI is InChI=1S/C17H37NO/c1-4-6-7-8-9-10-11-12-13-14-15-16-17-18(3,19)5-2/h4-17H2,1-3H3. The van der Waals surface area contributed by atoms with Gasteiger partial charge in [-0.3, -0.25) is 0 Å². The number of unbranched alkanes of at least 4 members (excludes halogenated alkanes) is 11. The molecular formula is C17H37NO. The molecule has 0 aliphatic rings. The Morgan fingerprint density at radius 3 is 1.37 bits per heavy atom. The Morgan fingerprint density at radius 2 is 1.00 bits per heavy atom. The van der Waals surface area contributed by atoms with Crippen molar-refractivity contribution in [3.8, 4) is 0 Å². The number of hydrogen-bond donors (Lipinski definition) is 0. The van der Waals surface area contributed by atoms with E-state index in [1.54, 1.807) is 7.05 Å². The molecule has 0 aromatic carbocycles. The minimum absolute atomic E-state index is 0.0578. The average molecular weight is 271 g/mol. The first-order valence-corrected chi connectivity index (χ1v) is 8.68. The highest BCUT2D eigenvalue weighted by Gasteiger charge is 2.05. The summed E-state index contributed by atoms with van der Waals surface area (Å²) in [6.07, 6.45) is 16.3. The molecule has 0 N–H and O–H groups in total. The number of nitrogens with zero attached hydrogens (tertiary/aromatic N) is 1. The molecule has 0 aromatic heterocycles. The van der Waals surface area contributed by atoms with Crippen LogP contribution in [0, 0.1) is 5.21 Å². The summed E-state index contributed by atoms with van der Waals surface area (Å²) in [6.45, 7) is 5.76. The van der Waals surface area contributed by atoms with Gasteiger partial charge in [-0.2, -0.15) is 0 Å². The lowest BCUT2D eigenvalue weighted by atomic mass is 10.1. The molecule has 0 aromatic rings. The number of rotatable bonds is 14. The van der Waals surface area contributed by atoms with E-state index in [2.05, 4.69) is 6.92 Å². The average Bonchev–Trinajstić information content (AvgIpc) is 2.40. The van der Waals surface area contributed by atoms with Gasteiger partial charge in [0.25, 0.3) is 0 Å². The van der Waals surface area contributed by atoms with E-state index in [1.807, 2.05) is 6.92 Å². The highest BCUT2D eigenvalue weighted by Crippen LogP contribution is 2.12. The van der Waals surface area contributed by atoms with Gasteiger partial charge in [0.05, 0.1) is 20.1 Å². The van der Waals surface area contributed by atoms with Crippen molar-refractivity contribution in [1.29, 1.82) is 0 Å². The van der Waals surface area contributed by atoms with Gasteiger partial charge in [-0.1, -0.05) is 71.1 Å². The molecule has 0 saturated heterocycles. The first-order chi connectivity index (χ1) is 9.12. The molecular weight excluding hydrogens is 234 g/mol. The number of hydrogen-bond acceptors (Lipinski definition) is 1. The van der Waals surface area contributed by atoms with Crippen LogP contribution in [0.2, 0.25) is 0 Å². The Hall–Kier alpha value is -0.0800. The van der Waals surface area contributed by atoms with Gasteiger partial charge in [0.1, 0.15) is 0 Å². The van der Waals surface area contributed by atoms with Crippen LogP contribution < -0.4 is 0 Å². The molecule has 0 aliphatic heterocycles. The van der Waals surface area contributed by atoms with Crippen LogP contribution in [-0.2, 0) is 0 Å². The SMILES string of the molecule is CCCCCCCCCCCCCC[N+](C)([O-])CC. The lowest BCUT2D eigenvalue weighted by Gasteiger charge is -2.37. The Balaban J connectivity index is 3.07. The highest BCUT2D eigenvalue weighted by atomic mass is 16.5. The molecule has 0 bridgehead atoms. The fourth-order valence-corrected chi connectivity index (χ4v) is 2.45. The van der Waals surface area contributed by atoms with E-state index < -0.39 is 0 Å². The third kappa shape index (κ3) is 14.1.